The van der Waals surface area contributed by atoms with Crippen molar-refractivity contribution in [2.75, 3.05) is 13.0 Å². The lowest BCUT2D eigenvalue weighted by Crippen LogP contribution is -2.11. The van der Waals surface area contributed by atoms with Crippen molar-refractivity contribution in [1.29, 1.82) is 0 Å². The molecule has 0 fully saturated rings. The molecule has 106 valence electrons. The van der Waals surface area contributed by atoms with Crippen molar-refractivity contribution in [2.24, 2.45) is 0 Å². The predicted octanol–water partition coefficient (Wildman–Crippen LogP) is 2.04. The van der Waals surface area contributed by atoms with Gasteiger partial charge in [-0.2, -0.15) is 0 Å². The molecule has 20 heavy (non-hydrogen) atoms. The van der Waals surface area contributed by atoms with Gasteiger partial charge in [0.15, 0.2) is 11.0 Å². The molecule has 1 aromatic carbocycles. The summed E-state index contributed by atoms with van der Waals surface area (Å²) in [5, 5.41) is 0.0229. The van der Waals surface area contributed by atoms with Gasteiger partial charge < -0.3 is 9.47 Å². The minimum atomic E-state index is -3.50. The summed E-state index contributed by atoms with van der Waals surface area (Å²) in [6, 6.07) is 12.0. The number of sulfone groups is 1. The number of hydrogen-bond acceptors (Lipinski definition) is 5. The van der Waals surface area contributed by atoms with Gasteiger partial charge in [0.25, 0.3) is 0 Å². The van der Waals surface area contributed by atoms with E-state index in [4.69, 9.17) is 9.47 Å². The van der Waals surface area contributed by atoms with Gasteiger partial charge in [-0.1, -0.05) is 18.2 Å². The first kappa shape index (κ1) is 14.5. The second kappa shape index (κ2) is 6.49. The first-order chi connectivity index (χ1) is 9.62. The van der Waals surface area contributed by atoms with Gasteiger partial charge in [-0.25, -0.2) is 13.4 Å². The van der Waals surface area contributed by atoms with Crippen LogP contribution in [0.1, 0.15) is 5.56 Å². The third kappa shape index (κ3) is 3.79. The van der Waals surface area contributed by atoms with Crippen LogP contribution in [0.15, 0.2) is 53.7 Å². The number of nitrogens with zero attached hydrogens (tertiary/aromatic N) is 1. The van der Waals surface area contributed by atoms with Gasteiger partial charge in [-0.15, -0.1) is 0 Å². The van der Waals surface area contributed by atoms with Crippen LogP contribution < -0.4 is 4.74 Å². The second-order valence-corrected chi connectivity index (χ2v) is 5.98. The maximum atomic E-state index is 11.9. The Kier molecular flexibility index (Phi) is 4.70. The second-order valence-electron chi connectivity index (χ2n) is 4.10. The Morgan fingerprint density at radius 1 is 1.10 bits per heavy atom. The molecule has 5 nitrogen and oxygen atoms in total. The molecule has 0 spiro atoms. The molecule has 1 heterocycles. The zero-order valence-electron chi connectivity index (χ0n) is 11.0. The highest BCUT2D eigenvalue weighted by Crippen LogP contribution is 2.13. The van der Waals surface area contributed by atoms with Gasteiger partial charge in [-0.05, 0) is 29.8 Å². The van der Waals surface area contributed by atoms with Gasteiger partial charge >= 0.3 is 0 Å². The summed E-state index contributed by atoms with van der Waals surface area (Å²) in [6.07, 6.45) is 1.44. The third-order valence-corrected chi connectivity index (χ3v) is 3.98. The van der Waals surface area contributed by atoms with Gasteiger partial charge in [-0.3, -0.25) is 0 Å². The summed E-state index contributed by atoms with van der Waals surface area (Å²) < 4.78 is 34.1. The first-order valence-electron chi connectivity index (χ1n) is 5.96. The number of hydrogen-bond donors (Lipinski definition) is 0. The maximum Gasteiger partial charge on any atom is 0.219 e. The highest BCUT2D eigenvalue weighted by atomic mass is 32.2. The van der Waals surface area contributed by atoms with Crippen LogP contribution in [0.3, 0.4) is 0 Å². The lowest BCUT2D eigenvalue weighted by Gasteiger charge is -2.06. The van der Waals surface area contributed by atoms with Gasteiger partial charge in [0.1, 0.15) is 5.75 Å². The monoisotopic (exact) mass is 293 g/mol. The predicted molar refractivity (Wildman–Crippen MR) is 74.1 cm³/mol. The number of ether oxygens (including phenoxy) is 2. The van der Waals surface area contributed by atoms with E-state index in [-0.39, 0.29) is 11.6 Å². The van der Waals surface area contributed by atoms with E-state index in [0.717, 1.165) is 11.3 Å². The fourth-order valence-corrected chi connectivity index (χ4v) is 2.51. The minimum Gasteiger partial charge on any atom is -0.497 e. The molecule has 0 radical (unpaired) electrons. The molecule has 0 atom stereocenters. The molecule has 1 aromatic heterocycles. The quantitative estimate of drug-likeness (QED) is 0.815. The molecule has 0 aliphatic heterocycles. The Labute approximate surface area is 118 Å². The van der Waals surface area contributed by atoms with E-state index in [1.807, 2.05) is 12.1 Å². The Bertz CT molecular complexity index is 639. The van der Waals surface area contributed by atoms with Crippen molar-refractivity contribution in [3.63, 3.8) is 0 Å². The van der Waals surface area contributed by atoms with Crippen LogP contribution in [0, 0.1) is 0 Å². The summed E-state index contributed by atoms with van der Waals surface area (Å²) in [5.41, 5.74) is 0.877. The zero-order chi connectivity index (χ0) is 14.4. The molecule has 0 N–H and O–H groups in total. The largest absolute Gasteiger partial charge is 0.497 e. The van der Waals surface area contributed by atoms with Crippen molar-refractivity contribution < 1.29 is 17.9 Å². The third-order valence-electron chi connectivity index (χ3n) is 2.62. The molecule has 0 aliphatic carbocycles. The number of aromatic nitrogens is 1. The SMILES string of the molecule is COc1ccc(COCS(=O)(=O)c2ccccn2)cc1. The highest BCUT2D eigenvalue weighted by molar-refractivity contribution is 7.91. The van der Waals surface area contributed by atoms with E-state index in [1.165, 1.54) is 12.3 Å². The zero-order valence-corrected chi connectivity index (χ0v) is 11.8. The minimum absolute atomic E-state index is 0.0229. The maximum absolute atomic E-state index is 11.9. The normalized spacial score (nSPS) is 11.2. The van der Waals surface area contributed by atoms with Crippen LogP contribution >= 0.6 is 0 Å². The van der Waals surface area contributed by atoms with E-state index in [9.17, 15) is 8.42 Å². The standard InChI is InChI=1S/C14H15NO4S/c1-18-13-7-5-12(6-8-13)10-19-11-20(16,17)14-4-2-3-9-15-14/h2-9H,10-11H2,1H3. The van der Waals surface area contributed by atoms with E-state index >= 15 is 0 Å². The van der Waals surface area contributed by atoms with Crippen LogP contribution in [0.25, 0.3) is 0 Å². The average Bonchev–Trinajstić information content (AvgIpc) is 2.49. The Morgan fingerprint density at radius 3 is 2.45 bits per heavy atom. The number of rotatable bonds is 6. The Hall–Kier alpha value is -1.92. The lowest BCUT2D eigenvalue weighted by molar-refractivity contribution is 0.163. The summed E-state index contributed by atoms with van der Waals surface area (Å²) in [7, 11) is -1.91. The number of benzene rings is 1. The van der Waals surface area contributed by atoms with Crippen molar-refractivity contribution >= 4 is 9.84 Å². The average molecular weight is 293 g/mol. The summed E-state index contributed by atoms with van der Waals surface area (Å²) in [4.78, 5) is 3.81. The molecular formula is C14H15NO4S. The summed E-state index contributed by atoms with van der Waals surface area (Å²) in [5.74, 6) is 0.352. The molecule has 0 unspecified atom stereocenters. The van der Waals surface area contributed by atoms with Gasteiger partial charge in [0, 0.05) is 6.20 Å². The van der Waals surface area contributed by atoms with Crippen molar-refractivity contribution in [3.05, 3.63) is 54.2 Å². The molecule has 0 saturated heterocycles. The first-order valence-corrected chi connectivity index (χ1v) is 7.61. The number of pyridine rings is 1. The van der Waals surface area contributed by atoms with Crippen molar-refractivity contribution in [1.82, 2.24) is 4.98 Å². The Balaban J connectivity index is 1.92. The van der Waals surface area contributed by atoms with Gasteiger partial charge in [0.05, 0.1) is 13.7 Å². The smallest absolute Gasteiger partial charge is 0.219 e. The van der Waals surface area contributed by atoms with Crippen LogP contribution in [0.5, 0.6) is 5.75 Å². The molecule has 0 amide bonds. The molecule has 2 aromatic rings. The number of methoxy groups -OCH3 is 1. The van der Waals surface area contributed by atoms with Crippen molar-refractivity contribution in [2.45, 2.75) is 11.6 Å². The molecule has 0 aliphatic rings. The summed E-state index contributed by atoms with van der Waals surface area (Å²) in [6.45, 7) is 0.218. The molecule has 6 heteroatoms. The molecule has 2 rings (SSSR count). The highest BCUT2D eigenvalue weighted by Gasteiger charge is 2.15. The van der Waals surface area contributed by atoms with Crippen molar-refractivity contribution in [3.8, 4) is 5.75 Å². The fraction of sp³-hybridized carbons (Fsp3) is 0.214. The van der Waals surface area contributed by atoms with E-state index < -0.39 is 15.8 Å². The van der Waals surface area contributed by atoms with Crippen LogP contribution in [0.2, 0.25) is 0 Å². The lowest BCUT2D eigenvalue weighted by atomic mass is 10.2. The van der Waals surface area contributed by atoms with Crippen LogP contribution in [-0.2, 0) is 21.2 Å². The van der Waals surface area contributed by atoms with E-state index in [1.54, 1.807) is 31.4 Å². The molecule has 0 bridgehead atoms. The van der Waals surface area contributed by atoms with Gasteiger partial charge in [0.2, 0.25) is 9.84 Å². The van der Waals surface area contributed by atoms with E-state index in [2.05, 4.69) is 4.98 Å². The van der Waals surface area contributed by atoms with E-state index in [0.29, 0.717) is 0 Å². The van der Waals surface area contributed by atoms with Crippen LogP contribution in [0.4, 0.5) is 0 Å². The summed E-state index contributed by atoms with van der Waals surface area (Å²) >= 11 is 0. The Morgan fingerprint density at radius 2 is 1.85 bits per heavy atom. The topological polar surface area (TPSA) is 65.5 Å². The fourth-order valence-electron chi connectivity index (χ4n) is 1.58. The molecular weight excluding hydrogens is 278 g/mol. The van der Waals surface area contributed by atoms with Crippen LogP contribution in [-0.4, -0.2) is 26.5 Å². The molecule has 0 saturated carbocycles.